The molecule has 0 aromatic carbocycles. The molecule has 12 heavy (non-hydrogen) atoms. The van der Waals surface area contributed by atoms with Gasteiger partial charge in [-0.2, -0.15) is 12.5 Å². The lowest BCUT2D eigenvalue weighted by atomic mass is 9.90. The molecule has 1 heterocycles. The van der Waals surface area contributed by atoms with Crippen molar-refractivity contribution in [2.45, 2.75) is 52.7 Å². The molecular weight excluding hydrogens is 171 g/mol. The molecule has 1 aliphatic rings. The summed E-state index contributed by atoms with van der Waals surface area (Å²) in [6.07, 6.45) is -0.370. The van der Waals surface area contributed by atoms with Gasteiger partial charge < -0.3 is 9.31 Å². The zero-order valence-electron chi connectivity index (χ0n) is 8.84. The second kappa shape index (κ2) is 4.03. The van der Waals surface area contributed by atoms with Crippen LogP contribution < -0.4 is 0 Å². The molecule has 2 nitrogen and oxygen atoms in total. The largest absolute Gasteiger partial charge is 0.529 e. The Labute approximate surface area is 81.5 Å². The number of thiol groups is 1. The molecule has 1 fully saturated rings. The molecule has 0 aromatic rings. The van der Waals surface area contributed by atoms with E-state index in [-0.39, 0.29) is 17.6 Å². The first-order chi connectivity index (χ1) is 5.35. The summed E-state index contributed by atoms with van der Waals surface area (Å²) in [7, 11) is 0. The topological polar surface area (TPSA) is 18.5 Å². The minimum absolute atomic E-state index is 0.237. The third kappa shape index (κ3) is 2.41. The Morgan fingerprint density at radius 3 is 1.25 bits per heavy atom. The highest BCUT2D eigenvalue weighted by molar-refractivity contribution is 8.08. The van der Waals surface area contributed by atoms with Gasteiger partial charge in [-0.05, 0) is 27.7 Å². The molecule has 72 valence electrons. The van der Waals surface area contributed by atoms with E-state index in [0.29, 0.717) is 0 Å². The Kier molecular flexibility index (Phi) is 4.14. The van der Waals surface area contributed by atoms with E-state index in [0.717, 1.165) is 0 Å². The van der Waals surface area contributed by atoms with E-state index in [2.05, 4.69) is 12.5 Å². The summed E-state index contributed by atoms with van der Waals surface area (Å²) in [4.78, 5) is 0. The first-order valence-electron chi connectivity index (χ1n) is 4.39. The summed E-state index contributed by atoms with van der Waals surface area (Å²) in [6.45, 7) is 12.0. The summed E-state index contributed by atoms with van der Waals surface area (Å²) in [5, 5.41) is 0. The molecule has 1 saturated heterocycles. The molecule has 4 heteroatoms. The predicted molar refractivity (Wildman–Crippen MR) is 56.4 cm³/mol. The lowest BCUT2D eigenvalue weighted by Gasteiger charge is -2.32. The monoisotopic (exact) mass is 190 g/mol. The van der Waals surface area contributed by atoms with E-state index in [4.69, 9.17) is 9.31 Å². The van der Waals surface area contributed by atoms with Crippen molar-refractivity contribution < 1.29 is 9.31 Å². The van der Waals surface area contributed by atoms with Crippen LogP contribution in [0.3, 0.4) is 0 Å². The van der Waals surface area contributed by atoms with Crippen LogP contribution in [-0.2, 0) is 9.31 Å². The summed E-state index contributed by atoms with van der Waals surface area (Å²) in [6, 6.07) is 0. The molecule has 0 spiro atoms. The van der Waals surface area contributed by atoms with Crippen LogP contribution in [0.5, 0.6) is 0 Å². The van der Waals surface area contributed by atoms with Crippen LogP contribution in [0.4, 0.5) is 0 Å². The molecule has 0 N–H and O–H groups in total. The van der Waals surface area contributed by atoms with Crippen LogP contribution in [0.2, 0.25) is 0 Å². The molecule has 1 aliphatic heterocycles. The minimum Gasteiger partial charge on any atom is -0.394 e. The maximum Gasteiger partial charge on any atom is 0.529 e. The quantitative estimate of drug-likeness (QED) is 0.467. The molecule has 0 bridgehead atoms. The van der Waals surface area contributed by atoms with E-state index >= 15 is 0 Å². The fourth-order valence-corrected chi connectivity index (χ4v) is 1.34. The van der Waals surface area contributed by atoms with E-state index in [1.807, 2.05) is 41.5 Å². The molecule has 0 unspecified atom stereocenters. The molecule has 0 aromatic heterocycles. The Hall–Kier alpha value is 0.335. The van der Waals surface area contributed by atoms with Crippen molar-refractivity contribution in [3.05, 3.63) is 0 Å². The summed E-state index contributed by atoms with van der Waals surface area (Å²) < 4.78 is 10.8. The van der Waals surface area contributed by atoms with Gasteiger partial charge in [-0.25, -0.2) is 0 Å². The maximum atomic E-state index is 5.41. The van der Waals surface area contributed by atoms with Crippen LogP contribution in [0, 0.1) is 0 Å². The van der Waals surface area contributed by atoms with E-state index < -0.39 is 0 Å². The number of rotatable bonds is 0. The van der Waals surface area contributed by atoms with Gasteiger partial charge in [0.15, 0.2) is 0 Å². The predicted octanol–water partition coefficient (Wildman–Crippen LogP) is 2.53. The van der Waals surface area contributed by atoms with Crippen molar-refractivity contribution in [2.24, 2.45) is 0 Å². The van der Waals surface area contributed by atoms with Crippen molar-refractivity contribution >= 4 is 18.9 Å². The van der Waals surface area contributed by atoms with Crippen LogP contribution >= 0.6 is 12.5 Å². The average Bonchev–Trinajstić information content (AvgIpc) is 2.04. The Bertz CT molecular complexity index is 132. The number of hydrogen-bond donors (Lipinski definition) is 1. The highest BCUT2D eigenvalue weighted by Crippen LogP contribution is 2.37. The highest BCUT2D eigenvalue weighted by atomic mass is 32.1. The fourth-order valence-electron chi connectivity index (χ4n) is 0.812. The fraction of sp³-hybridized carbons (Fsp3) is 1.00. The van der Waals surface area contributed by atoms with Gasteiger partial charge in [0.1, 0.15) is 0 Å². The molecule has 0 saturated carbocycles. The molecule has 0 aliphatic carbocycles. The first-order valence-corrected chi connectivity index (χ1v) is 4.90. The van der Waals surface area contributed by atoms with Gasteiger partial charge in [-0.15, -0.1) is 0 Å². The smallest absolute Gasteiger partial charge is 0.394 e. The summed E-state index contributed by atoms with van der Waals surface area (Å²) in [5.41, 5.74) is -0.473. The first kappa shape index (κ1) is 12.3. The average molecular weight is 190 g/mol. The molecule has 0 radical (unpaired) electrons. The number of hydrogen-bond acceptors (Lipinski definition) is 3. The van der Waals surface area contributed by atoms with Crippen molar-refractivity contribution in [1.29, 1.82) is 0 Å². The third-order valence-electron chi connectivity index (χ3n) is 2.24. The van der Waals surface area contributed by atoms with Gasteiger partial charge in [-0.1, -0.05) is 13.8 Å². The van der Waals surface area contributed by atoms with E-state index in [9.17, 15) is 0 Å². The summed E-state index contributed by atoms with van der Waals surface area (Å²) in [5.74, 6) is 0. The van der Waals surface area contributed by atoms with Crippen molar-refractivity contribution in [3.63, 3.8) is 0 Å². The van der Waals surface area contributed by atoms with Crippen molar-refractivity contribution in [2.75, 3.05) is 0 Å². The van der Waals surface area contributed by atoms with Gasteiger partial charge in [0, 0.05) is 0 Å². The third-order valence-corrected chi connectivity index (χ3v) is 2.45. The van der Waals surface area contributed by atoms with E-state index in [1.54, 1.807) is 0 Å². The van der Waals surface area contributed by atoms with E-state index in [1.165, 1.54) is 0 Å². The lowest BCUT2D eigenvalue weighted by Crippen LogP contribution is -2.41. The minimum atomic E-state index is -0.370. The van der Waals surface area contributed by atoms with Crippen molar-refractivity contribution in [1.82, 2.24) is 0 Å². The molecular formula is C8H19BO2S. The van der Waals surface area contributed by atoms with Gasteiger partial charge >= 0.3 is 6.40 Å². The van der Waals surface area contributed by atoms with Crippen molar-refractivity contribution in [3.8, 4) is 0 Å². The van der Waals surface area contributed by atoms with Gasteiger partial charge in [0.05, 0.1) is 11.2 Å². The van der Waals surface area contributed by atoms with Gasteiger partial charge in [0.2, 0.25) is 0 Å². The van der Waals surface area contributed by atoms with Crippen LogP contribution in [0.15, 0.2) is 0 Å². The Balaban J connectivity index is 0.000000561. The maximum absolute atomic E-state index is 5.41. The normalized spacial score (nSPS) is 24.8. The second-order valence-corrected chi connectivity index (χ2v) is 3.99. The van der Waals surface area contributed by atoms with Gasteiger partial charge in [0.25, 0.3) is 0 Å². The SMILES string of the molecule is CC.CC1(C)OB(S)OC1(C)C. The lowest BCUT2D eigenvalue weighted by molar-refractivity contribution is 0.00578. The highest BCUT2D eigenvalue weighted by Gasteiger charge is 2.49. The molecule has 0 amide bonds. The zero-order valence-corrected chi connectivity index (χ0v) is 9.74. The van der Waals surface area contributed by atoms with Crippen LogP contribution in [0.25, 0.3) is 0 Å². The Morgan fingerprint density at radius 1 is 0.917 bits per heavy atom. The van der Waals surface area contributed by atoms with Gasteiger partial charge in [-0.3, -0.25) is 0 Å². The molecule has 0 atom stereocenters. The standard InChI is InChI=1S/C6H13BO2S.C2H6/c1-5(2)6(3,4)9-7(10)8-5;1-2/h10H,1-4H3;1-2H3. The Morgan fingerprint density at radius 2 is 1.17 bits per heavy atom. The summed E-state index contributed by atoms with van der Waals surface area (Å²) >= 11 is 4.07. The molecule has 1 rings (SSSR count). The second-order valence-electron chi connectivity index (χ2n) is 3.56. The zero-order chi connectivity index (χ0) is 9.99. The van der Waals surface area contributed by atoms with Crippen LogP contribution in [0.1, 0.15) is 41.5 Å². The van der Waals surface area contributed by atoms with Crippen LogP contribution in [-0.4, -0.2) is 17.6 Å².